The summed E-state index contributed by atoms with van der Waals surface area (Å²) in [4.78, 5) is 16.7. The number of rotatable bonds is 9. The number of benzene rings is 3. The molecule has 4 rings (SSSR count). The number of carbonyl (C=O) groups excluding carboxylic acids is 1. The molecular weight excluding hydrogens is 434 g/mol. The minimum Gasteiger partial charge on any atom is -0.493 e. The molecule has 0 unspecified atom stereocenters. The molecular formula is C27H25NO6. The van der Waals surface area contributed by atoms with Gasteiger partial charge in [0.1, 0.15) is 19.0 Å². The second kappa shape index (κ2) is 10.6. The Bertz CT molecular complexity index is 1210. The smallest absolute Gasteiger partial charge is 0.363 e. The molecule has 0 aliphatic carbocycles. The molecule has 7 heteroatoms. The molecule has 7 nitrogen and oxygen atoms in total. The van der Waals surface area contributed by atoms with Gasteiger partial charge in [0.15, 0.2) is 17.2 Å². The molecule has 3 aromatic rings. The van der Waals surface area contributed by atoms with E-state index < -0.39 is 5.97 Å². The SMILES string of the molecule is COc1cc(C=C2N=C(c3ccccc3)OC2=O)cc(OC)c1OCCOc1ccccc1C. The largest absolute Gasteiger partial charge is 0.493 e. The number of aryl methyl sites for hydroxylation is 1. The van der Waals surface area contributed by atoms with E-state index in [0.717, 1.165) is 16.9 Å². The first-order chi connectivity index (χ1) is 16.6. The lowest BCUT2D eigenvalue weighted by Gasteiger charge is -2.16. The lowest BCUT2D eigenvalue weighted by Crippen LogP contribution is -2.11. The third-order valence-corrected chi connectivity index (χ3v) is 5.11. The Labute approximate surface area is 198 Å². The number of aliphatic imine (C=N–C) groups is 1. The van der Waals surface area contributed by atoms with Crippen LogP contribution in [0.3, 0.4) is 0 Å². The quantitative estimate of drug-likeness (QED) is 0.260. The zero-order valence-corrected chi connectivity index (χ0v) is 19.2. The molecule has 0 spiro atoms. The van der Waals surface area contributed by atoms with Crippen LogP contribution in [0.4, 0.5) is 0 Å². The van der Waals surface area contributed by atoms with Crippen LogP contribution in [0.15, 0.2) is 77.4 Å². The van der Waals surface area contributed by atoms with Crippen molar-refractivity contribution in [3.8, 4) is 23.0 Å². The van der Waals surface area contributed by atoms with E-state index >= 15 is 0 Å². The fourth-order valence-electron chi connectivity index (χ4n) is 3.41. The number of para-hydroxylation sites is 1. The highest BCUT2D eigenvalue weighted by atomic mass is 16.6. The van der Waals surface area contributed by atoms with Gasteiger partial charge in [0.25, 0.3) is 0 Å². The van der Waals surface area contributed by atoms with E-state index in [1.54, 1.807) is 18.2 Å². The van der Waals surface area contributed by atoms with Crippen molar-refractivity contribution in [3.63, 3.8) is 0 Å². The zero-order chi connectivity index (χ0) is 23.9. The standard InChI is InChI=1S/C27H25NO6/c1-18-9-7-8-12-22(18)32-13-14-33-25-23(30-2)16-19(17-24(25)31-3)15-21-27(29)34-26(28-21)20-10-5-4-6-11-20/h4-12,15-17H,13-14H2,1-3H3. The topological polar surface area (TPSA) is 75.6 Å². The van der Waals surface area contributed by atoms with Gasteiger partial charge in [-0.05, 0) is 54.5 Å². The molecule has 34 heavy (non-hydrogen) atoms. The van der Waals surface area contributed by atoms with E-state index in [1.165, 1.54) is 14.2 Å². The van der Waals surface area contributed by atoms with Crippen molar-refractivity contribution in [2.24, 2.45) is 4.99 Å². The third-order valence-electron chi connectivity index (χ3n) is 5.11. The molecule has 0 atom stereocenters. The number of hydrogen-bond acceptors (Lipinski definition) is 7. The average molecular weight is 459 g/mol. The number of hydrogen-bond donors (Lipinski definition) is 0. The van der Waals surface area contributed by atoms with Crippen LogP contribution < -0.4 is 18.9 Å². The first-order valence-corrected chi connectivity index (χ1v) is 10.7. The Morgan fingerprint density at radius 1 is 0.853 bits per heavy atom. The van der Waals surface area contributed by atoms with Gasteiger partial charge in [-0.1, -0.05) is 36.4 Å². The van der Waals surface area contributed by atoms with Crippen LogP contribution in [0.2, 0.25) is 0 Å². The second-order valence-corrected chi connectivity index (χ2v) is 7.42. The lowest BCUT2D eigenvalue weighted by molar-refractivity contribution is -0.129. The van der Waals surface area contributed by atoms with E-state index in [1.807, 2.05) is 61.5 Å². The Balaban J connectivity index is 1.51. The summed E-state index contributed by atoms with van der Waals surface area (Å²) < 4.78 is 28.1. The van der Waals surface area contributed by atoms with E-state index in [-0.39, 0.29) is 11.6 Å². The molecule has 1 heterocycles. The number of methoxy groups -OCH3 is 2. The molecule has 0 aromatic heterocycles. The Kier molecular flexibility index (Phi) is 7.13. The summed E-state index contributed by atoms with van der Waals surface area (Å²) in [7, 11) is 3.08. The molecule has 0 bridgehead atoms. The average Bonchev–Trinajstić information content (AvgIpc) is 3.23. The van der Waals surface area contributed by atoms with Crippen molar-refractivity contribution in [3.05, 3.63) is 89.1 Å². The molecule has 0 fully saturated rings. The second-order valence-electron chi connectivity index (χ2n) is 7.42. The predicted octanol–water partition coefficient (Wildman–Crippen LogP) is 4.81. The molecule has 0 saturated heterocycles. The highest BCUT2D eigenvalue weighted by molar-refractivity contribution is 6.12. The van der Waals surface area contributed by atoms with Crippen molar-refractivity contribution in [2.45, 2.75) is 6.92 Å². The van der Waals surface area contributed by atoms with Crippen molar-refractivity contribution in [2.75, 3.05) is 27.4 Å². The molecule has 174 valence electrons. The van der Waals surface area contributed by atoms with Crippen molar-refractivity contribution >= 4 is 17.9 Å². The van der Waals surface area contributed by atoms with Gasteiger partial charge in [-0.3, -0.25) is 0 Å². The number of cyclic esters (lactones) is 1. The van der Waals surface area contributed by atoms with Crippen molar-refractivity contribution in [1.29, 1.82) is 0 Å². The Morgan fingerprint density at radius 3 is 2.18 bits per heavy atom. The van der Waals surface area contributed by atoms with Crippen LogP contribution >= 0.6 is 0 Å². The van der Waals surface area contributed by atoms with Gasteiger partial charge in [-0.25, -0.2) is 9.79 Å². The number of ether oxygens (including phenoxy) is 5. The predicted molar refractivity (Wildman–Crippen MR) is 129 cm³/mol. The molecule has 0 radical (unpaired) electrons. The van der Waals surface area contributed by atoms with Crippen LogP contribution in [0.25, 0.3) is 6.08 Å². The lowest BCUT2D eigenvalue weighted by atomic mass is 10.1. The molecule has 3 aromatic carbocycles. The van der Waals surface area contributed by atoms with Crippen LogP contribution in [0, 0.1) is 6.92 Å². The van der Waals surface area contributed by atoms with Crippen LogP contribution in [-0.2, 0) is 9.53 Å². The molecule has 1 aliphatic rings. The summed E-state index contributed by atoms with van der Waals surface area (Å²) in [6.45, 7) is 2.63. The van der Waals surface area contributed by atoms with E-state index in [9.17, 15) is 4.79 Å². The monoisotopic (exact) mass is 459 g/mol. The van der Waals surface area contributed by atoms with Gasteiger partial charge in [0, 0.05) is 5.56 Å². The fraction of sp³-hybridized carbons (Fsp3) is 0.185. The highest BCUT2D eigenvalue weighted by Gasteiger charge is 2.24. The summed E-state index contributed by atoms with van der Waals surface area (Å²) in [5.74, 6) is 1.92. The normalized spacial score (nSPS) is 13.9. The summed E-state index contributed by atoms with van der Waals surface area (Å²) in [5.41, 5.74) is 2.62. The fourth-order valence-corrected chi connectivity index (χ4v) is 3.41. The first-order valence-electron chi connectivity index (χ1n) is 10.7. The van der Waals surface area contributed by atoms with Gasteiger partial charge in [0.2, 0.25) is 11.6 Å². The maximum Gasteiger partial charge on any atom is 0.363 e. The van der Waals surface area contributed by atoms with Crippen LogP contribution in [0.1, 0.15) is 16.7 Å². The van der Waals surface area contributed by atoms with Gasteiger partial charge in [-0.15, -0.1) is 0 Å². The van der Waals surface area contributed by atoms with Crippen LogP contribution in [0.5, 0.6) is 23.0 Å². The minimum atomic E-state index is -0.523. The van der Waals surface area contributed by atoms with Crippen molar-refractivity contribution in [1.82, 2.24) is 0 Å². The number of esters is 1. The van der Waals surface area contributed by atoms with E-state index in [0.29, 0.717) is 36.0 Å². The van der Waals surface area contributed by atoms with Gasteiger partial charge >= 0.3 is 5.97 Å². The number of carbonyl (C=O) groups is 1. The third kappa shape index (κ3) is 5.20. The zero-order valence-electron chi connectivity index (χ0n) is 19.2. The summed E-state index contributed by atoms with van der Waals surface area (Å²) in [6.07, 6.45) is 1.62. The maximum absolute atomic E-state index is 12.3. The summed E-state index contributed by atoms with van der Waals surface area (Å²) >= 11 is 0. The Morgan fingerprint density at radius 2 is 1.50 bits per heavy atom. The van der Waals surface area contributed by atoms with E-state index in [4.69, 9.17) is 23.7 Å². The molecule has 0 saturated carbocycles. The van der Waals surface area contributed by atoms with Crippen LogP contribution in [-0.4, -0.2) is 39.3 Å². The molecule has 0 N–H and O–H groups in total. The minimum absolute atomic E-state index is 0.184. The highest BCUT2D eigenvalue weighted by Crippen LogP contribution is 2.39. The van der Waals surface area contributed by atoms with Crippen molar-refractivity contribution < 1.29 is 28.5 Å². The molecule has 1 aliphatic heterocycles. The van der Waals surface area contributed by atoms with E-state index in [2.05, 4.69) is 4.99 Å². The first kappa shape index (κ1) is 22.9. The summed E-state index contributed by atoms with van der Waals surface area (Å²) in [6, 6.07) is 20.5. The molecule has 0 amide bonds. The number of nitrogens with zero attached hydrogens (tertiary/aromatic N) is 1. The van der Waals surface area contributed by atoms with Gasteiger partial charge in [0.05, 0.1) is 14.2 Å². The Hall–Kier alpha value is -4.26. The van der Waals surface area contributed by atoms with Gasteiger partial charge in [-0.2, -0.15) is 0 Å². The van der Waals surface area contributed by atoms with Gasteiger partial charge < -0.3 is 23.7 Å². The summed E-state index contributed by atoms with van der Waals surface area (Å²) in [5, 5.41) is 0. The maximum atomic E-state index is 12.3.